The van der Waals surface area contributed by atoms with Crippen LogP contribution in [0, 0.1) is 12.8 Å². The molecule has 3 aliphatic heterocycles. The second kappa shape index (κ2) is 6.55. The second-order valence-corrected chi connectivity index (χ2v) is 7.49. The van der Waals surface area contributed by atoms with Crippen molar-refractivity contribution >= 4 is 23.2 Å². The summed E-state index contributed by atoms with van der Waals surface area (Å²) in [6.07, 6.45) is 5.11. The summed E-state index contributed by atoms with van der Waals surface area (Å²) in [7, 11) is 0. The van der Waals surface area contributed by atoms with E-state index in [1.807, 2.05) is 28.2 Å². The Balaban J connectivity index is 1.57. The zero-order chi connectivity index (χ0) is 17.4. The molecule has 2 amide bonds. The molecule has 3 saturated heterocycles. The van der Waals surface area contributed by atoms with Crippen molar-refractivity contribution in [2.24, 2.45) is 5.92 Å². The summed E-state index contributed by atoms with van der Waals surface area (Å²) in [6, 6.07) is 1.91. The number of hydrogen-bond acceptors (Lipinski definition) is 5. The number of aromatic nitrogens is 2. The van der Waals surface area contributed by atoms with E-state index in [1.54, 1.807) is 17.9 Å². The smallest absolute Gasteiger partial charge is 0.255 e. The highest BCUT2D eigenvalue weighted by Crippen LogP contribution is 2.31. The minimum Gasteiger partial charge on any atom is -0.336 e. The van der Waals surface area contributed by atoms with Crippen molar-refractivity contribution in [2.75, 3.05) is 13.1 Å². The van der Waals surface area contributed by atoms with Crippen LogP contribution in [0.15, 0.2) is 29.4 Å². The normalized spacial score (nSPS) is 23.0. The Bertz CT molecular complexity index is 792. The van der Waals surface area contributed by atoms with Crippen LogP contribution in [0.3, 0.4) is 0 Å². The van der Waals surface area contributed by atoms with Crippen molar-refractivity contribution < 1.29 is 9.59 Å². The molecule has 3 fully saturated rings. The molecule has 0 spiro atoms. The van der Waals surface area contributed by atoms with Gasteiger partial charge in [0.05, 0.1) is 29.2 Å². The van der Waals surface area contributed by atoms with Gasteiger partial charge in [0.1, 0.15) is 0 Å². The Morgan fingerprint density at radius 2 is 2.24 bits per heavy atom. The summed E-state index contributed by atoms with van der Waals surface area (Å²) in [6.45, 7) is 3.54. The standard InChI is InChI=1S/C18H20N4O2S/c1-12-4-5-19-6-16(12)18(24)21-7-13-2-3-15(9-21)22(17(13)23)8-14-10-25-11-20-14/h4-6,10-11,13,15H,2-3,7-9H2,1H3. The van der Waals surface area contributed by atoms with E-state index in [4.69, 9.17) is 0 Å². The van der Waals surface area contributed by atoms with Crippen LogP contribution in [0.4, 0.5) is 0 Å². The average molecular weight is 356 g/mol. The molecule has 0 saturated carbocycles. The molecule has 0 aliphatic carbocycles. The topological polar surface area (TPSA) is 66.4 Å². The molecule has 0 N–H and O–H groups in total. The van der Waals surface area contributed by atoms with Gasteiger partial charge in [0, 0.05) is 36.9 Å². The lowest BCUT2D eigenvalue weighted by Gasteiger charge is -2.35. The van der Waals surface area contributed by atoms with Gasteiger partial charge < -0.3 is 9.80 Å². The third kappa shape index (κ3) is 3.04. The average Bonchev–Trinajstić information content (AvgIpc) is 2.98. The van der Waals surface area contributed by atoms with Crippen LogP contribution in [0.2, 0.25) is 0 Å². The number of aryl methyl sites for hydroxylation is 1. The molecule has 0 aromatic carbocycles. The lowest BCUT2D eigenvalue weighted by molar-refractivity contribution is -0.140. The predicted molar refractivity (Wildman–Crippen MR) is 94.1 cm³/mol. The molecule has 3 aliphatic rings. The van der Waals surface area contributed by atoms with Crippen LogP contribution >= 0.6 is 11.3 Å². The van der Waals surface area contributed by atoms with E-state index in [1.165, 1.54) is 11.3 Å². The maximum atomic E-state index is 13.0. The van der Waals surface area contributed by atoms with Gasteiger partial charge >= 0.3 is 0 Å². The Morgan fingerprint density at radius 1 is 1.36 bits per heavy atom. The fourth-order valence-electron chi connectivity index (χ4n) is 3.76. The van der Waals surface area contributed by atoms with Gasteiger partial charge in [-0.2, -0.15) is 0 Å². The van der Waals surface area contributed by atoms with Gasteiger partial charge in [-0.05, 0) is 31.4 Å². The van der Waals surface area contributed by atoms with E-state index >= 15 is 0 Å². The summed E-state index contributed by atoms with van der Waals surface area (Å²) in [5.41, 5.74) is 4.26. The number of carbonyl (C=O) groups is 2. The van der Waals surface area contributed by atoms with Crippen molar-refractivity contribution in [1.29, 1.82) is 0 Å². The molecule has 2 unspecified atom stereocenters. The number of piperidine rings is 1. The number of fused-ring (bicyclic) bond motifs is 4. The first-order chi connectivity index (χ1) is 12.1. The van der Waals surface area contributed by atoms with Crippen molar-refractivity contribution in [3.63, 3.8) is 0 Å². The molecule has 25 heavy (non-hydrogen) atoms. The van der Waals surface area contributed by atoms with Crippen molar-refractivity contribution in [3.05, 3.63) is 46.2 Å². The van der Waals surface area contributed by atoms with Crippen LogP contribution in [-0.4, -0.2) is 50.7 Å². The maximum absolute atomic E-state index is 13.0. The van der Waals surface area contributed by atoms with Crippen LogP contribution < -0.4 is 0 Å². The molecule has 7 heteroatoms. The summed E-state index contributed by atoms with van der Waals surface area (Å²) in [5, 5.41) is 1.98. The van der Waals surface area contributed by atoms with E-state index in [0.29, 0.717) is 25.2 Å². The first-order valence-electron chi connectivity index (χ1n) is 8.51. The lowest BCUT2D eigenvalue weighted by atomic mass is 9.94. The summed E-state index contributed by atoms with van der Waals surface area (Å²) in [4.78, 5) is 38.0. The molecule has 130 valence electrons. The second-order valence-electron chi connectivity index (χ2n) is 6.77. The highest BCUT2D eigenvalue weighted by molar-refractivity contribution is 7.07. The van der Waals surface area contributed by atoms with Gasteiger partial charge in [0.15, 0.2) is 0 Å². The highest BCUT2D eigenvalue weighted by Gasteiger charge is 2.42. The van der Waals surface area contributed by atoms with E-state index in [9.17, 15) is 9.59 Å². The van der Waals surface area contributed by atoms with Gasteiger partial charge in [-0.1, -0.05) is 0 Å². The van der Waals surface area contributed by atoms with Gasteiger partial charge in [-0.3, -0.25) is 14.6 Å². The monoisotopic (exact) mass is 356 g/mol. The number of thiazole rings is 1. The summed E-state index contributed by atoms with van der Waals surface area (Å²) in [5.74, 6) is 0.0200. The largest absolute Gasteiger partial charge is 0.336 e. The number of rotatable bonds is 3. The van der Waals surface area contributed by atoms with E-state index in [-0.39, 0.29) is 23.8 Å². The van der Waals surface area contributed by atoms with Gasteiger partial charge in [0.2, 0.25) is 5.91 Å². The van der Waals surface area contributed by atoms with Crippen LogP contribution in [-0.2, 0) is 11.3 Å². The Hall–Kier alpha value is -2.28. The fraction of sp³-hybridized carbons (Fsp3) is 0.444. The Kier molecular flexibility index (Phi) is 4.25. The molecule has 2 aromatic rings. The quantitative estimate of drug-likeness (QED) is 0.845. The first-order valence-corrected chi connectivity index (χ1v) is 9.45. The maximum Gasteiger partial charge on any atom is 0.255 e. The number of amides is 2. The van der Waals surface area contributed by atoms with E-state index in [0.717, 1.165) is 24.1 Å². The van der Waals surface area contributed by atoms with Crippen LogP contribution in [0.1, 0.15) is 34.5 Å². The molecule has 0 radical (unpaired) electrons. The zero-order valence-corrected chi connectivity index (χ0v) is 14.9. The molecule has 2 atom stereocenters. The molecule has 2 aromatic heterocycles. The van der Waals surface area contributed by atoms with Gasteiger partial charge in [-0.15, -0.1) is 11.3 Å². The Labute approximate surface area is 150 Å². The van der Waals surface area contributed by atoms with Crippen molar-refractivity contribution in [2.45, 2.75) is 32.4 Å². The minimum absolute atomic E-state index is 0.0224. The summed E-state index contributed by atoms with van der Waals surface area (Å²) >= 11 is 1.54. The minimum atomic E-state index is -0.113. The predicted octanol–water partition coefficient (Wildman–Crippen LogP) is 2.11. The first kappa shape index (κ1) is 16.2. The number of carbonyl (C=O) groups excluding carboxylic acids is 2. The van der Waals surface area contributed by atoms with Gasteiger partial charge in [0.25, 0.3) is 5.91 Å². The molecule has 5 heterocycles. The zero-order valence-electron chi connectivity index (χ0n) is 14.1. The highest BCUT2D eigenvalue weighted by atomic mass is 32.1. The van der Waals surface area contributed by atoms with Crippen LogP contribution in [0.25, 0.3) is 0 Å². The molecule has 2 bridgehead atoms. The van der Waals surface area contributed by atoms with E-state index < -0.39 is 0 Å². The summed E-state index contributed by atoms with van der Waals surface area (Å²) < 4.78 is 0. The fourth-order valence-corrected chi connectivity index (χ4v) is 4.31. The molecular weight excluding hydrogens is 336 g/mol. The molecule has 5 rings (SSSR count). The number of nitrogens with zero attached hydrogens (tertiary/aromatic N) is 4. The molecule has 6 nitrogen and oxygen atoms in total. The van der Waals surface area contributed by atoms with E-state index in [2.05, 4.69) is 9.97 Å². The Morgan fingerprint density at radius 3 is 3.00 bits per heavy atom. The molecular formula is C18H20N4O2S. The lowest BCUT2D eigenvalue weighted by Crippen LogP contribution is -2.47. The van der Waals surface area contributed by atoms with Gasteiger partial charge in [-0.25, -0.2) is 4.98 Å². The third-order valence-corrected chi connectivity index (χ3v) is 5.80. The van der Waals surface area contributed by atoms with Crippen LogP contribution in [0.5, 0.6) is 0 Å². The van der Waals surface area contributed by atoms with Crippen molar-refractivity contribution in [1.82, 2.24) is 19.8 Å². The third-order valence-electron chi connectivity index (χ3n) is 5.17. The number of hydrogen-bond donors (Lipinski definition) is 0. The number of pyridine rings is 1. The SMILES string of the molecule is Cc1ccncc1C(=O)N1CC2CCC(C1)N(Cc1cscn1)C2=O. The van der Waals surface area contributed by atoms with Crippen molar-refractivity contribution in [3.8, 4) is 0 Å².